The van der Waals surface area contributed by atoms with E-state index < -0.39 is 11.9 Å². The van der Waals surface area contributed by atoms with Crippen LogP contribution in [-0.4, -0.2) is 32.6 Å². The minimum atomic E-state index is -0.829. The first-order valence-corrected chi connectivity index (χ1v) is 6.09. The molecule has 18 heavy (non-hydrogen) atoms. The van der Waals surface area contributed by atoms with E-state index in [0.717, 1.165) is 19.3 Å². The Balaban J connectivity index is 2.05. The van der Waals surface area contributed by atoms with E-state index in [1.807, 2.05) is 0 Å². The normalized spacial score (nSPS) is 23.6. The molecule has 1 aromatic rings. The van der Waals surface area contributed by atoms with Crippen LogP contribution in [-0.2, 0) is 11.8 Å². The summed E-state index contributed by atoms with van der Waals surface area (Å²) in [6, 6.07) is -0.279. The van der Waals surface area contributed by atoms with Gasteiger partial charge in [-0.3, -0.25) is 9.59 Å². The van der Waals surface area contributed by atoms with Crippen molar-refractivity contribution in [2.45, 2.75) is 31.7 Å². The number of hydrogen-bond donors (Lipinski definition) is 2. The summed E-state index contributed by atoms with van der Waals surface area (Å²) >= 11 is 0. The smallest absolute Gasteiger partial charge is 0.308 e. The van der Waals surface area contributed by atoms with Gasteiger partial charge in [-0.25, -0.2) is 4.98 Å². The van der Waals surface area contributed by atoms with Gasteiger partial charge < -0.3 is 15.0 Å². The molecule has 0 aliphatic heterocycles. The molecular formula is C12H17N3O3. The van der Waals surface area contributed by atoms with Gasteiger partial charge in [0.2, 0.25) is 0 Å². The van der Waals surface area contributed by atoms with E-state index in [-0.39, 0.29) is 11.9 Å². The summed E-state index contributed by atoms with van der Waals surface area (Å²) in [6.07, 6.45) is 6.25. The van der Waals surface area contributed by atoms with Crippen LogP contribution < -0.4 is 5.32 Å². The Morgan fingerprint density at radius 3 is 2.78 bits per heavy atom. The van der Waals surface area contributed by atoms with Crippen LogP contribution in [0.4, 0.5) is 0 Å². The molecule has 1 amide bonds. The Morgan fingerprint density at radius 2 is 2.17 bits per heavy atom. The highest BCUT2D eigenvalue weighted by Gasteiger charge is 2.32. The van der Waals surface area contributed by atoms with Gasteiger partial charge in [0.25, 0.3) is 5.91 Å². The van der Waals surface area contributed by atoms with Crippen molar-refractivity contribution in [1.82, 2.24) is 14.9 Å². The Morgan fingerprint density at radius 1 is 1.44 bits per heavy atom. The number of nitrogens with zero attached hydrogens (tertiary/aromatic N) is 2. The number of aromatic nitrogens is 2. The zero-order valence-corrected chi connectivity index (χ0v) is 10.3. The number of aliphatic carboxylic acids is 1. The molecule has 0 radical (unpaired) electrons. The van der Waals surface area contributed by atoms with Gasteiger partial charge in [-0.05, 0) is 12.8 Å². The molecule has 6 heteroatoms. The first-order chi connectivity index (χ1) is 8.59. The molecule has 2 atom stereocenters. The number of amides is 1. The van der Waals surface area contributed by atoms with Crippen LogP contribution in [0.5, 0.6) is 0 Å². The monoisotopic (exact) mass is 251 g/mol. The molecule has 0 bridgehead atoms. The number of carboxylic acids is 1. The maximum atomic E-state index is 12.0. The minimum Gasteiger partial charge on any atom is -0.481 e. The lowest BCUT2D eigenvalue weighted by molar-refractivity contribution is -0.143. The molecule has 1 aromatic heterocycles. The number of imidazole rings is 1. The zero-order chi connectivity index (χ0) is 13.1. The molecule has 1 aliphatic rings. The summed E-state index contributed by atoms with van der Waals surface area (Å²) in [5.41, 5.74) is 0.449. The number of carbonyl (C=O) groups is 2. The molecule has 0 aromatic carbocycles. The average Bonchev–Trinajstić information content (AvgIpc) is 2.76. The molecular weight excluding hydrogens is 234 g/mol. The number of aryl methyl sites for hydroxylation is 1. The third-order valence-electron chi connectivity index (χ3n) is 3.45. The fourth-order valence-electron chi connectivity index (χ4n) is 2.42. The van der Waals surface area contributed by atoms with Crippen molar-refractivity contribution in [3.05, 3.63) is 18.2 Å². The summed E-state index contributed by atoms with van der Waals surface area (Å²) in [5, 5.41) is 12.0. The standard InChI is InChI=1S/C12H17N3O3/c1-15-7-13-6-10(15)11(16)14-9-5-3-2-4-8(9)12(17)18/h6-9H,2-5H2,1H3,(H,14,16)(H,17,18). The average molecular weight is 251 g/mol. The van der Waals surface area contributed by atoms with Crippen molar-refractivity contribution >= 4 is 11.9 Å². The number of rotatable bonds is 3. The van der Waals surface area contributed by atoms with E-state index in [2.05, 4.69) is 10.3 Å². The number of nitrogens with one attached hydrogen (secondary N) is 1. The molecule has 98 valence electrons. The van der Waals surface area contributed by atoms with Gasteiger partial charge >= 0.3 is 5.97 Å². The fourth-order valence-corrected chi connectivity index (χ4v) is 2.42. The second-order valence-corrected chi connectivity index (χ2v) is 4.70. The van der Waals surface area contributed by atoms with Gasteiger partial charge in [0.1, 0.15) is 5.69 Å². The molecule has 6 nitrogen and oxygen atoms in total. The molecule has 0 saturated heterocycles. The van der Waals surface area contributed by atoms with Crippen molar-refractivity contribution in [3.8, 4) is 0 Å². The van der Waals surface area contributed by atoms with Gasteiger partial charge in [0.05, 0.1) is 18.4 Å². The lowest BCUT2D eigenvalue weighted by Crippen LogP contribution is -2.45. The maximum Gasteiger partial charge on any atom is 0.308 e. The van der Waals surface area contributed by atoms with Crippen molar-refractivity contribution < 1.29 is 14.7 Å². The van der Waals surface area contributed by atoms with Crippen molar-refractivity contribution in [1.29, 1.82) is 0 Å². The lowest BCUT2D eigenvalue weighted by Gasteiger charge is -2.29. The van der Waals surface area contributed by atoms with Crippen molar-refractivity contribution in [3.63, 3.8) is 0 Å². The first-order valence-electron chi connectivity index (χ1n) is 6.09. The molecule has 2 rings (SSSR count). The summed E-state index contributed by atoms with van der Waals surface area (Å²) in [6.45, 7) is 0. The largest absolute Gasteiger partial charge is 0.481 e. The SMILES string of the molecule is Cn1cncc1C(=O)NC1CCCCC1C(=O)O. The topological polar surface area (TPSA) is 84.2 Å². The summed E-state index contributed by atoms with van der Waals surface area (Å²) < 4.78 is 1.62. The molecule has 1 heterocycles. The van der Waals surface area contributed by atoms with Gasteiger partial charge in [-0.1, -0.05) is 12.8 Å². The third kappa shape index (κ3) is 2.52. The van der Waals surface area contributed by atoms with Crippen LogP contribution in [0.1, 0.15) is 36.2 Å². The van der Waals surface area contributed by atoms with E-state index in [4.69, 9.17) is 5.11 Å². The van der Waals surface area contributed by atoms with Crippen molar-refractivity contribution in [2.24, 2.45) is 13.0 Å². The van der Waals surface area contributed by atoms with Crippen LogP contribution in [0.25, 0.3) is 0 Å². The van der Waals surface area contributed by atoms with Crippen LogP contribution in [0.3, 0.4) is 0 Å². The van der Waals surface area contributed by atoms with Crippen LogP contribution in [0.2, 0.25) is 0 Å². The minimum absolute atomic E-state index is 0.256. The van der Waals surface area contributed by atoms with Gasteiger partial charge in [0, 0.05) is 13.1 Å². The van der Waals surface area contributed by atoms with Gasteiger partial charge in [-0.2, -0.15) is 0 Å². The zero-order valence-electron chi connectivity index (χ0n) is 10.3. The lowest BCUT2D eigenvalue weighted by atomic mass is 9.84. The molecule has 2 unspecified atom stereocenters. The van der Waals surface area contributed by atoms with Crippen LogP contribution in [0.15, 0.2) is 12.5 Å². The molecule has 1 aliphatic carbocycles. The Labute approximate surface area is 105 Å². The van der Waals surface area contributed by atoms with E-state index >= 15 is 0 Å². The second-order valence-electron chi connectivity index (χ2n) is 4.70. The number of carboxylic acid groups (broad SMARTS) is 1. The van der Waals surface area contributed by atoms with Gasteiger partial charge in [-0.15, -0.1) is 0 Å². The summed E-state index contributed by atoms with van der Waals surface area (Å²) in [4.78, 5) is 27.0. The molecule has 2 N–H and O–H groups in total. The fraction of sp³-hybridized carbons (Fsp3) is 0.583. The highest BCUT2D eigenvalue weighted by Crippen LogP contribution is 2.24. The molecule has 0 spiro atoms. The number of carbonyl (C=O) groups excluding carboxylic acids is 1. The van der Waals surface area contributed by atoms with E-state index in [1.54, 1.807) is 17.9 Å². The van der Waals surface area contributed by atoms with Crippen LogP contribution >= 0.6 is 0 Å². The quantitative estimate of drug-likeness (QED) is 0.832. The van der Waals surface area contributed by atoms with Crippen molar-refractivity contribution in [2.75, 3.05) is 0 Å². The second kappa shape index (κ2) is 5.20. The van der Waals surface area contributed by atoms with Gasteiger partial charge in [0.15, 0.2) is 0 Å². The Bertz CT molecular complexity index is 455. The predicted octanol–water partition coefficient (Wildman–Crippen LogP) is 0.793. The van der Waals surface area contributed by atoms with Crippen LogP contribution in [0, 0.1) is 5.92 Å². The summed E-state index contributed by atoms with van der Waals surface area (Å²) in [7, 11) is 1.73. The highest BCUT2D eigenvalue weighted by molar-refractivity contribution is 5.92. The van der Waals surface area contributed by atoms with E-state index in [9.17, 15) is 9.59 Å². The highest BCUT2D eigenvalue weighted by atomic mass is 16.4. The Kier molecular flexibility index (Phi) is 3.64. The van der Waals surface area contributed by atoms with E-state index in [0.29, 0.717) is 12.1 Å². The summed E-state index contributed by atoms with van der Waals surface area (Å²) in [5.74, 6) is -1.56. The first kappa shape index (κ1) is 12.6. The maximum absolute atomic E-state index is 12.0. The predicted molar refractivity (Wildman–Crippen MR) is 64.1 cm³/mol. The molecule has 1 saturated carbocycles. The van der Waals surface area contributed by atoms with E-state index in [1.165, 1.54) is 6.20 Å². The Hall–Kier alpha value is -1.85. The number of hydrogen-bond acceptors (Lipinski definition) is 3. The third-order valence-corrected chi connectivity index (χ3v) is 3.45. The molecule has 1 fully saturated rings.